The molecular weight excluding hydrogens is 270 g/mol. The Hall–Kier alpha value is -1.85. The molecule has 1 heterocycles. The molecule has 0 unspecified atom stereocenters. The second kappa shape index (κ2) is 6.28. The number of hydrogen-bond acceptors (Lipinski definition) is 5. The molecule has 1 aliphatic heterocycles. The molecular formula is C16H21NO4. The predicted octanol–water partition coefficient (Wildman–Crippen LogP) is 1.81. The summed E-state index contributed by atoms with van der Waals surface area (Å²) in [6.07, 6.45) is 2.79. The number of methoxy groups -OCH3 is 1. The third-order valence-corrected chi connectivity index (χ3v) is 3.82. The lowest BCUT2D eigenvalue weighted by molar-refractivity contribution is 0.101. The highest BCUT2D eigenvalue weighted by Gasteiger charge is 2.24. The summed E-state index contributed by atoms with van der Waals surface area (Å²) in [4.78, 5) is 14.0. The van der Waals surface area contributed by atoms with Gasteiger partial charge in [-0.2, -0.15) is 0 Å². The van der Waals surface area contributed by atoms with E-state index in [9.17, 15) is 15.0 Å². The molecule has 1 aliphatic rings. The Morgan fingerprint density at radius 1 is 1.48 bits per heavy atom. The summed E-state index contributed by atoms with van der Waals surface area (Å²) in [7, 11) is 3.46. The SMILES string of the molecule is COc1cc(CO)c(C2=CCN(C)CC2)c(O)c1C(C)=O. The van der Waals surface area contributed by atoms with Crippen LogP contribution in [0.5, 0.6) is 11.5 Å². The van der Waals surface area contributed by atoms with Gasteiger partial charge in [-0.1, -0.05) is 6.08 Å². The molecule has 2 N–H and O–H groups in total. The van der Waals surface area contributed by atoms with Gasteiger partial charge >= 0.3 is 0 Å². The van der Waals surface area contributed by atoms with Crippen molar-refractivity contribution in [3.05, 3.63) is 28.8 Å². The lowest BCUT2D eigenvalue weighted by atomic mass is 9.90. The maximum Gasteiger partial charge on any atom is 0.167 e. The number of carbonyl (C=O) groups excluding carboxylic acids is 1. The minimum Gasteiger partial charge on any atom is -0.506 e. The molecule has 0 spiro atoms. The summed E-state index contributed by atoms with van der Waals surface area (Å²) in [5.41, 5.74) is 2.27. The largest absolute Gasteiger partial charge is 0.506 e. The molecule has 1 aromatic carbocycles. The van der Waals surface area contributed by atoms with Gasteiger partial charge in [-0.05, 0) is 37.6 Å². The molecule has 0 aliphatic carbocycles. The van der Waals surface area contributed by atoms with Gasteiger partial charge in [0.2, 0.25) is 0 Å². The molecule has 0 aromatic heterocycles. The van der Waals surface area contributed by atoms with Crippen LogP contribution in [0.1, 0.15) is 34.8 Å². The fourth-order valence-electron chi connectivity index (χ4n) is 2.68. The van der Waals surface area contributed by atoms with Gasteiger partial charge in [-0.3, -0.25) is 4.79 Å². The average molecular weight is 291 g/mol. The van der Waals surface area contributed by atoms with Crippen LogP contribution in [0.2, 0.25) is 0 Å². The molecule has 5 heteroatoms. The second-order valence-electron chi connectivity index (χ2n) is 5.29. The van der Waals surface area contributed by atoms with E-state index in [1.54, 1.807) is 6.07 Å². The minimum absolute atomic E-state index is 0.0956. The van der Waals surface area contributed by atoms with Gasteiger partial charge in [-0.15, -0.1) is 0 Å². The zero-order valence-electron chi connectivity index (χ0n) is 12.6. The zero-order chi connectivity index (χ0) is 15.6. The van der Waals surface area contributed by atoms with E-state index in [2.05, 4.69) is 4.90 Å². The minimum atomic E-state index is -0.261. The molecule has 0 radical (unpaired) electrons. The molecule has 0 atom stereocenters. The molecule has 114 valence electrons. The van der Waals surface area contributed by atoms with E-state index in [4.69, 9.17) is 4.74 Å². The topological polar surface area (TPSA) is 70.0 Å². The molecule has 0 saturated heterocycles. The number of hydrogen-bond donors (Lipinski definition) is 2. The Labute approximate surface area is 124 Å². The van der Waals surface area contributed by atoms with Crippen LogP contribution in [-0.2, 0) is 6.61 Å². The van der Waals surface area contributed by atoms with Crippen molar-refractivity contribution in [2.45, 2.75) is 20.0 Å². The first-order valence-electron chi connectivity index (χ1n) is 6.92. The third-order valence-electron chi connectivity index (χ3n) is 3.82. The fraction of sp³-hybridized carbons (Fsp3) is 0.438. The van der Waals surface area contributed by atoms with E-state index in [1.165, 1.54) is 14.0 Å². The number of nitrogens with zero attached hydrogens (tertiary/aromatic N) is 1. The highest BCUT2D eigenvalue weighted by atomic mass is 16.5. The van der Waals surface area contributed by atoms with Gasteiger partial charge < -0.3 is 19.8 Å². The smallest absolute Gasteiger partial charge is 0.167 e. The van der Waals surface area contributed by atoms with E-state index in [1.807, 2.05) is 13.1 Å². The van der Waals surface area contributed by atoms with E-state index >= 15 is 0 Å². The van der Waals surface area contributed by atoms with E-state index < -0.39 is 0 Å². The number of benzene rings is 1. The van der Waals surface area contributed by atoms with Crippen LogP contribution in [0.25, 0.3) is 5.57 Å². The van der Waals surface area contributed by atoms with Crippen LogP contribution >= 0.6 is 0 Å². The van der Waals surface area contributed by atoms with Crippen molar-refractivity contribution >= 4 is 11.4 Å². The summed E-state index contributed by atoms with van der Waals surface area (Å²) in [5, 5.41) is 20.1. The molecule has 2 rings (SSSR count). The standard InChI is InChI=1S/C16H21NO4/c1-10(19)14-13(21-3)8-12(9-18)15(16(14)20)11-4-6-17(2)7-5-11/h4,8,18,20H,5-7,9H2,1-3H3. The molecule has 0 saturated carbocycles. The Balaban J connectivity index is 2.64. The Morgan fingerprint density at radius 3 is 2.67 bits per heavy atom. The van der Waals surface area contributed by atoms with Crippen molar-refractivity contribution in [1.82, 2.24) is 4.90 Å². The molecule has 21 heavy (non-hydrogen) atoms. The number of aliphatic hydroxyl groups is 1. The average Bonchev–Trinajstić information content (AvgIpc) is 2.46. The number of ether oxygens (including phenoxy) is 1. The number of Topliss-reactive ketones (excluding diaryl/α,β-unsaturated/α-hetero) is 1. The quantitative estimate of drug-likeness (QED) is 0.828. The number of ketones is 1. The maximum absolute atomic E-state index is 11.8. The second-order valence-corrected chi connectivity index (χ2v) is 5.29. The normalized spacial score (nSPS) is 15.7. The summed E-state index contributed by atoms with van der Waals surface area (Å²) in [6, 6.07) is 1.63. The van der Waals surface area contributed by atoms with Crippen LogP contribution in [0, 0.1) is 0 Å². The van der Waals surface area contributed by atoms with E-state index in [0.29, 0.717) is 16.9 Å². The summed E-state index contributed by atoms with van der Waals surface area (Å²) in [5.74, 6) is -0.0633. The van der Waals surface area contributed by atoms with Gasteiger partial charge in [-0.25, -0.2) is 0 Å². The number of likely N-dealkylation sites (N-methyl/N-ethyl adjacent to an activating group) is 1. The highest BCUT2D eigenvalue weighted by Crippen LogP contribution is 2.40. The zero-order valence-corrected chi connectivity index (χ0v) is 12.6. The summed E-state index contributed by atoms with van der Waals surface area (Å²) < 4.78 is 5.17. The van der Waals surface area contributed by atoms with Crippen LogP contribution in [0.15, 0.2) is 12.1 Å². The first-order valence-corrected chi connectivity index (χ1v) is 6.92. The maximum atomic E-state index is 11.8. The number of phenolic OH excluding ortho intramolecular Hbond substituents is 1. The van der Waals surface area contributed by atoms with Gasteiger partial charge in [0.25, 0.3) is 0 Å². The van der Waals surface area contributed by atoms with Crippen LogP contribution in [0.4, 0.5) is 0 Å². The predicted molar refractivity (Wildman–Crippen MR) is 80.7 cm³/mol. The monoisotopic (exact) mass is 291 g/mol. The van der Waals surface area contributed by atoms with Crippen molar-refractivity contribution in [2.24, 2.45) is 0 Å². The number of rotatable bonds is 4. The number of carbonyl (C=O) groups is 1. The number of aromatic hydroxyl groups is 1. The first kappa shape index (κ1) is 15.5. The highest BCUT2D eigenvalue weighted by molar-refractivity contribution is 6.01. The lowest BCUT2D eigenvalue weighted by Crippen LogP contribution is -2.24. The van der Waals surface area contributed by atoms with Crippen LogP contribution in [0.3, 0.4) is 0 Å². The van der Waals surface area contributed by atoms with Crippen molar-refractivity contribution in [3.8, 4) is 11.5 Å². The third kappa shape index (κ3) is 2.94. The van der Waals surface area contributed by atoms with Gasteiger partial charge in [0, 0.05) is 18.7 Å². The molecule has 0 amide bonds. The van der Waals surface area contributed by atoms with Gasteiger partial charge in [0.1, 0.15) is 17.1 Å². The van der Waals surface area contributed by atoms with Crippen LogP contribution in [-0.4, -0.2) is 48.1 Å². The van der Waals surface area contributed by atoms with E-state index in [-0.39, 0.29) is 23.7 Å². The van der Waals surface area contributed by atoms with Crippen molar-refractivity contribution in [1.29, 1.82) is 0 Å². The molecule has 0 fully saturated rings. The van der Waals surface area contributed by atoms with Crippen molar-refractivity contribution in [2.75, 3.05) is 27.2 Å². The fourth-order valence-corrected chi connectivity index (χ4v) is 2.68. The van der Waals surface area contributed by atoms with E-state index in [0.717, 1.165) is 25.1 Å². The molecule has 5 nitrogen and oxygen atoms in total. The summed E-state index contributed by atoms with van der Waals surface area (Å²) >= 11 is 0. The van der Waals surface area contributed by atoms with Crippen molar-refractivity contribution in [3.63, 3.8) is 0 Å². The Kier molecular flexibility index (Phi) is 4.65. The Morgan fingerprint density at radius 2 is 2.19 bits per heavy atom. The lowest BCUT2D eigenvalue weighted by Gasteiger charge is -2.25. The summed E-state index contributed by atoms with van der Waals surface area (Å²) in [6.45, 7) is 2.83. The number of phenols is 1. The number of aliphatic hydroxyl groups excluding tert-OH is 1. The van der Waals surface area contributed by atoms with Gasteiger partial charge in [0.15, 0.2) is 5.78 Å². The van der Waals surface area contributed by atoms with Crippen molar-refractivity contribution < 1.29 is 19.7 Å². The molecule has 0 bridgehead atoms. The van der Waals surface area contributed by atoms with Crippen LogP contribution < -0.4 is 4.74 Å². The van der Waals surface area contributed by atoms with Gasteiger partial charge in [0.05, 0.1) is 13.7 Å². The Bertz CT molecular complexity index is 592. The molecule has 1 aromatic rings. The first-order chi connectivity index (χ1) is 9.99.